The molecule has 0 aliphatic rings. The molecule has 2 aromatic carbocycles. The van der Waals surface area contributed by atoms with Crippen LogP contribution in [0.2, 0.25) is 10.0 Å². The molecule has 0 amide bonds. The molecule has 21 heavy (non-hydrogen) atoms. The van der Waals surface area contributed by atoms with Crippen molar-refractivity contribution in [3.05, 3.63) is 51.5 Å². The van der Waals surface area contributed by atoms with Gasteiger partial charge in [-0.25, -0.2) is 13.6 Å². The molecule has 0 atom stereocenters. The summed E-state index contributed by atoms with van der Waals surface area (Å²) in [6, 6.07) is 3.84. The van der Waals surface area contributed by atoms with Crippen LogP contribution in [-0.2, 0) is 0 Å². The quantitative estimate of drug-likeness (QED) is 0.732. The highest BCUT2D eigenvalue weighted by molar-refractivity contribution is 6.39. The molecule has 0 bridgehead atoms. The minimum atomic E-state index is -1.31. The van der Waals surface area contributed by atoms with Gasteiger partial charge in [0, 0.05) is 5.69 Å². The molecule has 4 nitrogen and oxygen atoms in total. The van der Waals surface area contributed by atoms with Gasteiger partial charge in [-0.3, -0.25) is 0 Å². The van der Waals surface area contributed by atoms with E-state index >= 15 is 0 Å². The second kappa shape index (κ2) is 5.75. The zero-order chi connectivity index (χ0) is 15.7. The summed E-state index contributed by atoms with van der Waals surface area (Å²) in [5.74, 6) is -2.76. The maximum atomic E-state index is 13.8. The third kappa shape index (κ3) is 3.17. The maximum Gasteiger partial charge on any atom is 0.337 e. The van der Waals surface area contributed by atoms with Gasteiger partial charge in [0.15, 0.2) is 0 Å². The minimum absolute atomic E-state index is 0.0553. The Morgan fingerprint density at radius 2 is 1.71 bits per heavy atom. The molecule has 0 fully saturated rings. The number of anilines is 3. The van der Waals surface area contributed by atoms with Crippen LogP contribution in [0.15, 0.2) is 24.3 Å². The van der Waals surface area contributed by atoms with Crippen LogP contribution in [0.4, 0.5) is 25.8 Å². The molecule has 8 heteroatoms. The molecule has 0 aliphatic carbocycles. The largest absolute Gasteiger partial charge is 0.478 e. The normalized spacial score (nSPS) is 10.5. The first-order chi connectivity index (χ1) is 9.79. The third-order valence-electron chi connectivity index (χ3n) is 2.64. The van der Waals surface area contributed by atoms with E-state index in [4.69, 9.17) is 34.0 Å². The van der Waals surface area contributed by atoms with Crippen LogP contribution in [0.3, 0.4) is 0 Å². The number of nitrogens with one attached hydrogen (secondary N) is 1. The molecule has 0 unspecified atom stereocenters. The number of hydrogen-bond donors (Lipinski definition) is 3. The molecule has 110 valence electrons. The highest BCUT2D eigenvalue weighted by atomic mass is 35.5. The monoisotopic (exact) mass is 332 g/mol. The van der Waals surface area contributed by atoms with Gasteiger partial charge in [-0.2, -0.15) is 0 Å². The van der Waals surface area contributed by atoms with E-state index in [1.165, 1.54) is 0 Å². The molecule has 0 radical (unpaired) electrons. The average Bonchev–Trinajstić information content (AvgIpc) is 2.35. The molecule has 2 aromatic rings. The Balaban J connectivity index is 2.50. The SMILES string of the molecule is Nc1cc(F)c(Nc2c(Cl)cc(F)cc2Cl)cc1C(=O)O. The van der Waals surface area contributed by atoms with Crippen molar-refractivity contribution in [3.8, 4) is 0 Å². The highest BCUT2D eigenvalue weighted by Gasteiger charge is 2.16. The van der Waals surface area contributed by atoms with Crippen molar-refractivity contribution in [2.45, 2.75) is 0 Å². The van der Waals surface area contributed by atoms with Gasteiger partial charge in [0.1, 0.15) is 11.6 Å². The van der Waals surface area contributed by atoms with E-state index < -0.39 is 17.6 Å². The van der Waals surface area contributed by atoms with Crippen molar-refractivity contribution >= 4 is 46.2 Å². The Kier molecular flexibility index (Phi) is 4.20. The molecular weight excluding hydrogens is 325 g/mol. The van der Waals surface area contributed by atoms with E-state index in [-0.39, 0.29) is 32.7 Å². The molecule has 4 N–H and O–H groups in total. The molecule has 0 spiro atoms. The number of carboxylic acids is 1. The fourth-order valence-corrected chi connectivity index (χ4v) is 2.22. The van der Waals surface area contributed by atoms with Gasteiger partial charge >= 0.3 is 5.97 Å². The summed E-state index contributed by atoms with van der Waals surface area (Å²) in [6.07, 6.45) is 0. The first-order valence-electron chi connectivity index (χ1n) is 5.53. The second-order valence-electron chi connectivity index (χ2n) is 4.09. The predicted octanol–water partition coefficient (Wildman–Crippen LogP) is 4.30. The van der Waals surface area contributed by atoms with Crippen LogP contribution in [-0.4, -0.2) is 11.1 Å². The number of nitrogens with two attached hydrogens (primary N) is 1. The van der Waals surface area contributed by atoms with Crippen molar-refractivity contribution in [3.63, 3.8) is 0 Å². The molecule has 2 rings (SSSR count). The van der Waals surface area contributed by atoms with Crippen molar-refractivity contribution in [1.82, 2.24) is 0 Å². The van der Waals surface area contributed by atoms with E-state index in [1.54, 1.807) is 0 Å². The van der Waals surface area contributed by atoms with Gasteiger partial charge in [0.05, 0.1) is 27.0 Å². The Morgan fingerprint density at radius 3 is 2.24 bits per heavy atom. The number of aromatic carboxylic acids is 1. The van der Waals surface area contributed by atoms with E-state index in [0.717, 1.165) is 24.3 Å². The number of hydrogen-bond acceptors (Lipinski definition) is 3. The lowest BCUT2D eigenvalue weighted by atomic mass is 10.1. The van der Waals surface area contributed by atoms with Crippen LogP contribution in [0.25, 0.3) is 0 Å². The summed E-state index contributed by atoms with van der Waals surface area (Å²) in [5.41, 5.74) is 4.77. The number of benzene rings is 2. The molecule has 0 saturated carbocycles. The summed E-state index contributed by atoms with van der Waals surface area (Å²) in [7, 11) is 0. The first-order valence-corrected chi connectivity index (χ1v) is 6.29. The molecule has 0 aliphatic heterocycles. The predicted molar refractivity (Wildman–Crippen MR) is 77.5 cm³/mol. The zero-order valence-corrected chi connectivity index (χ0v) is 11.8. The maximum absolute atomic E-state index is 13.8. The number of rotatable bonds is 3. The Morgan fingerprint density at radius 1 is 1.14 bits per heavy atom. The van der Waals surface area contributed by atoms with Crippen molar-refractivity contribution in [2.24, 2.45) is 0 Å². The number of halogens is 4. The van der Waals surface area contributed by atoms with Gasteiger partial charge in [-0.05, 0) is 24.3 Å². The van der Waals surface area contributed by atoms with E-state index in [1.807, 2.05) is 0 Å². The lowest BCUT2D eigenvalue weighted by molar-refractivity contribution is 0.0698. The molecule has 0 saturated heterocycles. The van der Waals surface area contributed by atoms with Crippen LogP contribution < -0.4 is 11.1 Å². The fourth-order valence-electron chi connectivity index (χ4n) is 1.67. The molecule has 0 aromatic heterocycles. The summed E-state index contributed by atoms with van der Waals surface area (Å²) >= 11 is 11.6. The Labute approximate surface area is 128 Å². The van der Waals surface area contributed by atoms with Crippen LogP contribution in [0.1, 0.15) is 10.4 Å². The average molecular weight is 333 g/mol. The van der Waals surface area contributed by atoms with E-state index in [2.05, 4.69) is 5.32 Å². The van der Waals surface area contributed by atoms with Crippen molar-refractivity contribution < 1.29 is 18.7 Å². The van der Waals surface area contributed by atoms with E-state index in [9.17, 15) is 13.6 Å². The summed E-state index contributed by atoms with van der Waals surface area (Å²) < 4.78 is 26.9. The van der Waals surface area contributed by atoms with Gasteiger partial charge in [-0.15, -0.1) is 0 Å². The topological polar surface area (TPSA) is 75.3 Å². The summed E-state index contributed by atoms with van der Waals surface area (Å²) in [6.45, 7) is 0. The summed E-state index contributed by atoms with van der Waals surface area (Å²) in [5, 5.41) is 11.3. The van der Waals surface area contributed by atoms with Gasteiger partial charge in [-0.1, -0.05) is 23.2 Å². The van der Waals surface area contributed by atoms with Gasteiger partial charge in [0.2, 0.25) is 0 Å². The van der Waals surface area contributed by atoms with Gasteiger partial charge < -0.3 is 16.2 Å². The number of carboxylic acid groups (broad SMARTS) is 1. The molecule has 0 heterocycles. The Hall–Kier alpha value is -2.05. The van der Waals surface area contributed by atoms with Crippen LogP contribution in [0, 0.1) is 11.6 Å². The first kappa shape index (κ1) is 15.3. The standard InChI is InChI=1S/C13H8Cl2F2N2O2/c14-7-1-5(16)2-8(15)12(7)19-11-3-6(13(20)21)10(18)4-9(11)17/h1-4,19H,18H2,(H,20,21). The van der Waals surface area contributed by atoms with Crippen molar-refractivity contribution in [2.75, 3.05) is 11.1 Å². The van der Waals surface area contributed by atoms with E-state index in [0.29, 0.717) is 0 Å². The summed E-state index contributed by atoms with van der Waals surface area (Å²) in [4.78, 5) is 11.0. The smallest absolute Gasteiger partial charge is 0.337 e. The second-order valence-corrected chi connectivity index (χ2v) is 4.91. The lowest BCUT2D eigenvalue weighted by Gasteiger charge is -2.13. The highest BCUT2D eigenvalue weighted by Crippen LogP contribution is 2.35. The third-order valence-corrected chi connectivity index (χ3v) is 3.23. The number of carbonyl (C=O) groups is 1. The minimum Gasteiger partial charge on any atom is -0.478 e. The Bertz CT molecular complexity index is 715. The van der Waals surface area contributed by atoms with Crippen LogP contribution >= 0.6 is 23.2 Å². The fraction of sp³-hybridized carbons (Fsp3) is 0. The van der Waals surface area contributed by atoms with Gasteiger partial charge in [0.25, 0.3) is 0 Å². The van der Waals surface area contributed by atoms with Crippen molar-refractivity contribution in [1.29, 1.82) is 0 Å². The molecular formula is C13H8Cl2F2N2O2. The number of nitrogen functional groups attached to an aromatic ring is 1. The zero-order valence-electron chi connectivity index (χ0n) is 10.3. The lowest BCUT2D eigenvalue weighted by Crippen LogP contribution is -2.05. The van der Waals surface area contributed by atoms with Crippen LogP contribution in [0.5, 0.6) is 0 Å².